The Kier molecular flexibility index (Phi) is 11.3. The maximum atomic E-state index is 12.2. The quantitative estimate of drug-likeness (QED) is 0.274. The molecule has 0 aliphatic carbocycles. The average Bonchev–Trinajstić information content (AvgIpc) is 2.73. The molecule has 0 amide bonds. The highest BCUT2D eigenvalue weighted by Gasteiger charge is 2.28. The summed E-state index contributed by atoms with van der Waals surface area (Å²) >= 11 is 0. The van der Waals surface area contributed by atoms with Gasteiger partial charge in [-0.25, -0.2) is 0 Å². The lowest BCUT2D eigenvalue weighted by atomic mass is 10.2. The van der Waals surface area contributed by atoms with E-state index in [1.54, 1.807) is 26.3 Å². The van der Waals surface area contributed by atoms with Crippen molar-refractivity contribution in [3.8, 4) is 17.2 Å². The Labute approximate surface area is 197 Å². The summed E-state index contributed by atoms with van der Waals surface area (Å²) in [6, 6.07) is 13.8. The van der Waals surface area contributed by atoms with Crippen LogP contribution in [0.2, 0.25) is 0 Å². The molecule has 0 heterocycles. The number of nitrogens with one attached hydrogen (secondary N) is 2. The average molecular weight is 553 g/mol. The zero-order valence-corrected chi connectivity index (χ0v) is 19.9. The van der Waals surface area contributed by atoms with Gasteiger partial charge in [0.2, 0.25) is 0 Å². The second-order valence-electron chi connectivity index (χ2n) is 6.43. The van der Waals surface area contributed by atoms with Gasteiger partial charge >= 0.3 is 6.18 Å². The van der Waals surface area contributed by atoms with Gasteiger partial charge in [-0.1, -0.05) is 24.3 Å². The molecule has 1 unspecified atom stereocenters. The van der Waals surface area contributed by atoms with Crippen molar-refractivity contribution in [3.05, 3.63) is 54.1 Å². The number of methoxy groups -OCH3 is 1. The van der Waals surface area contributed by atoms with Gasteiger partial charge in [0.15, 0.2) is 24.1 Å². The molecule has 2 N–H and O–H groups in total. The van der Waals surface area contributed by atoms with E-state index >= 15 is 0 Å². The van der Waals surface area contributed by atoms with Crippen LogP contribution in [0, 0.1) is 0 Å². The Morgan fingerprint density at radius 2 is 1.68 bits per heavy atom. The van der Waals surface area contributed by atoms with E-state index in [9.17, 15) is 13.2 Å². The Hall–Kier alpha value is -2.37. The highest BCUT2D eigenvalue weighted by molar-refractivity contribution is 14.0. The third-order valence-electron chi connectivity index (χ3n) is 3.96. The van der Waals surface area contributed by atoms with Gasteiger partial charge in [0.05, 0.1) is 13.7 Å². The molecule has 0 bridgehead atoms. The van der Waals surface area contributed by atoms with E-state index in [-0.39, 0.29) is 35.8 Å². The zero-order valence-electron chi connectivity index (χ0n) is 17.5. The van der Waals surface area contributed by atoms with Crippen molar-refractivity contribution in [2.75, 3.05) is 27.3 Å². The van der Waals surface area contributed by atoms with E-state index in [4.69, 9.17) is 14.2 Å². The largest absolute Gasteiger partial charge is 0.493 e. The van der Waals surface area contributed by atoms with Crippen LogP contribution in [-0.4, -0.2) is 45.5 Å². The Bertz CT molecular complexity index is 818. The van der Waals surface area contributed by atoms with Crippen LogP contribution < -0.4 is 24.8 Å². The molecule has 6 nitrogen and oxygen atoms in total. The Morgan fingerprint density at radius 1 is 1.03 bits per heavy atom. The van der Waals surface area contributed by atoms with Crippen LogP contribution in [0.4, 0.5) is 13.2 Å². The summed E-state index contributed by atoms with van der Waals surface area (Å²) in [6.45, 7) is 1.56. The van der Waals surface area contributed by atoms with E-state index in [2.05, 4.69) is 15.6 Å². The van der Waals surface area contributed by atoms with Crippen molar-refractivity contribution in [1.29, 1.82) is 0 Å². The predicted molar refractivity (Wildman–Crippen MR) is 125 cm³/mol. The van der Waals surface area contributed by atoms with E-state index in [0.29, 0.717) is 30.5 Å². The SMILES string of the molecule is CN=C(NCc1ccc(OCC(F)(F)F)cc1)NCC(C)Oc1ccccc1OC.I. The monoisotopic (exact) mass is 553 g/mol. The number of hydrogen-bond acceptors (Lipinski definition) is 4. The van der Waals surface area contributed by atoms with Gasteiger partial charge in [0.1, 0.15) is 11.9 Å². The minimum Gasteiger partial charge on any atom is -0.493 e. The van der Waals surface area contributed by atoms with Crippen molar-refractivity contribution in [1.82, 2.24) is 10.6 Å². The zero-order chi connectivity index (χ0) is 22.0. The normalized spacial score (nSPS) is 12.4. The first-order valence-electron chi connectivity index (χ1n) is 9.33. The molecule has 2 aromatic rings. The van der Waals surface area contributed by atoms with Crippen LogP contribution in [-0.2, 0) is 6.54 Å². The molecule has 0 saturated heterocycles. The molecule has 10 heteroatoms. The Morgan fingerprint density at radius 3 is 2.26 bits per heavy atom. The van der Waals surface area contributed by atoms with Gasteiger partial charge in [0, 0.05) is 13.6 Å². The maximum absolute atomic E-state index is 12.2. The summed E-state index contributed by atoms with van der Waals surface area (Å²) in [7, 11) is 3.24. The molecule has 0 fully saturated rings. The van der Waals surface area contributed by atoms with E-state index in [1.807, 2.05) is 31.2 Å². The molecule has 0 aliphatic rings. The lowest BCUT2D eigenvalue weighted by Crippen LogP contribution is -2.41. The number of para-hydroxylation sites is 2. The van der Waals surface area contributed by atoms with E-state index in [0.717, 1.165) is 5.56 Å². The van der Waals surface area contributed by atoms with Crippen molar-refractivity contribution < 1.29 is 27.4 Å². The van der Waals surface area contributed by atoms with Gasteiger partial charge in [-0.2, -0.15) is 13.2 Å². The standard InChI is InChI=1S/C21H26F3N3O3.HI/c1-15(30-19-7-5-4-6-18(19)28-3)12-26-20(25-2)27-13-16-8-10-17(11-9-16)29-14-21(22,23)24;/h4-11,15H,12-14H2,1-3H3,(H2,25,26,27);1H. The van der Waals surface area contributed by atoms with Gasteiger partial charge in [-0.15, -0.1) is 24.0 Å². The minimum absolute atomic E-state index is 0. The van der Waals surface area contributed by atoms with Gasteiger partial charge in [-0.3, -0.25) is 4.99 Å². The third kappa shape index (κ3) is 9.99. The van der Waals surface area contributed by atoms with Crippen LogP contribution in [0.25, 0.3) is 0 Å². The molecule has 0 saturated carbocycles. The summed E-state index contributed by atoms with van der Waals surface area (Å²) < 4.78 is 52.4. The molecule has 172 valence electrons. The lowest BCUT2D eigenvalue weighted by Gasteiger charge is -2.19. The summed E-state index contributed by atoms with van der Waals surface area (Å²) in [5.41, 5.74) is 0.871. The van der Waals surface area contributed by atoms with E-state index in [1.165, 1.54) is 12.1 Å². The highest BCUT2D eigenvalue weighted by atomic mass is 127. The van der Waals surface area contributed by atoms with Gasteiger partial charge < -0.3 is 24.8 Å². The number of hydrogen-bond donors (Lipinski definition) is 2. The fourth-order valence-corrected chi connectivity index (χ4v) is 2.49. The number of rotatable bonds is 9. The minimum atomic E-state index is -4.36. The first-order chi connectivity index (χ1) is 14.3. The first kappa shape index (κ1) is 26.7. The van der Waals surface area contributed by atoms with Crippen molar-refractivity contribution in [3.63, 3.8) is 0 Å². The second kappa shape index (κ2) is 13.1. The maximum Gasteiger partial charge on any atom is 0.422 e. The molecular weight excluding hydrogens is 526 g/mol. The van der Waals surface area contributed by atoms with Crippen LogP contribution in [0.5, 0.6) is 17.2 Å². The third-order valence-corrected chi connectivity index (χ3v) is 3.96. The van der Waals surface area contributed by atoms with Crippen molar-refractivity contribution >= 4 is 29.9 Å². The first-order valence-corrected chi connectivity index (χ1v) is 9.33. The molecule has 2 aromatic carbocycles. The summed E-state index contributed by atoms with van der Waals surface area (Å²) in [5.74, 6) is 2.06. The van der Waals surface area contributed by atoms with Crippen LogP contribution in [0.3, 0.4) is 0 Å². The lowest BCUT2D eigenvalue weighted by molar-refractivity contribution is -0.153. The number of aliphatic imine (C=N–C) groups is 1. The fraction of sp³-hybridized carbons (Fsp3) is 0.381. The van der Waals surface area contributed by atoms with E-state index < -0.39 is 12.8 Å². The number of benzene rings is 2. The number of ether oxygens (including phenoxy) is 3. The molecule has 0 aliphatic heterocycles. The van der Waals surface area contributed by atoms with Crippen molar-refractivity contribution in [2.24, 2.45) is 4.99 Å². The summed E-state index contributed by atoms with van der Waals surface area (Å²) in [5, 5.41) is 6.31. The molecule has 2 rings (SSSR count). The smallest absolute Gasteiger partial charge is 0.422 e. The van der Waals surface area contributed by atoms with Crippen molar-refractivity contribution in [2.45, 2.75) is 25.7 Å². The molecule has 31 heavy (non-hydrogen) atoms. The number of halogens is 4. The van der Waals surface area contributed by atoms with Gasteiger partial charge in [-0.05, 0) is 36.8 Å². The molecule has 1 atom stereocenters. The Balaban J connectivity index is 0.00000480. The van der Waals surface area contributed by atoms with Crippen LogP contribution >= 0.6 is 24.0 Å². The molecule has 0 aromatic heterocycles. The molecule has 0 radical (unpaired) electrons. The van der Waals surface area contributed by atoms with Crippen LogP contribution in [0.15, 0.2) is 53.5 Å². The number of nitrogens with zero attached hydrogens (tertiary/aromatic N) is 1. The second-order valence-corrected chi connectivity index (χ2v) is 6.43. The molecule has 0 spiro atoms. The molecular formula is C21H27F3IN3O3. The number of guanidine groups is 1. The predicted octanol–water partition coefficient (Wildman–Crippen LogP) is 4.39. The summed E-state index contributed by atoms with van der Waals surface area (Å²) in [4.78, 5) is 4.15. The summed E-state index contributed by atoms with van der Waals surface area (Å²) in [6.07, 6.45) is -4.50. The van der Waals surface area contributed by atoms with Crippen LogP contribution in [0.1, 0.15) is 12.5 Å². The fourth-order valence-electron chi connectivity index (χ4n) is 2.49. The van der Waals surface area contributed by atoms with Gasteiger partial charge in [0.25, 0.3) is 0 Å². The topological polar surface area (TPSA) is 64.1 Å². The highest BCUT2D eigenvalue weighted by Crippen LogP contribution is 2.26. The number of alkyl halides is 3.